The molecular formula is C21H25FN2O3. The van der Waals surface area contributed by atoms with Gasteiger partial charge >= 0.3 is 5.97 Å². The van der Waals surface area contributed by atoms with Crippen LogP contribution in [0, 0.1) is 5.82 Å². The minimum atomic E-state index is -0.403. The zero-order valence-corrected chi connectivity index (χ0v) is 15.7. The maximum atomic E-state index is 13.1. The van der Waals surface area contributed by atoms with Gasteiger partial charge in [0, 0.05) is 12.2 Å². The second-order valence-corrected chi connectivity index (χ2v) is 6.18. The van der Waals surface area contributed by atoms with Gasteiger partial charge in [-0.25, -0.2) is 4.39 Å². The number of hydrogen-bond donors (Lipinski definition) is 1. The van der Waals surface area contributed by atoms with Crippen molar-refractivity contribution in [3.63, 3.8) is 0 Å². The topological polar surface area (TPSA) is 58.6 Å². The molecule has 0 spiro atoms. The predicted octanol–water partition coefficient (Wildman–Crippen LogP) is 3.39. The van der Waals surface area contributed by atoms with Crippen LogP contribution in [0.15, 0.2) is 48.5 Å². The standard InChI is InChI=1S/C21H25FN2O3/c1-3-16-7-11-19(12-8-16)23-20(25)14-24(15-21(26)27-4-2)13-17-5-9-18(22)10-6-17/h5-12H,3-4,13-15H2,1-2H3,(H,23,25). The molecule has 2 aromatic carbocycles. The van der Waals surface area contributed by atoms with Gasteiger partial charge in [0.05, 0.1) is 19.7 Å². The van der Waals surface area contributed by atoms with E-state index in [9.17, 15) is 14.0 Å². The maximum Gasteiger partial charge on any atom is 0.320 e. The minimum Gasteiger partial charge on any atom is -0.465 e. The lowest BCUT2D eigenvalue weighted by atomic mass is 10.1. The van der Waals surface area contributed by atoms with Crippen LogP contribution in [0.25, 0.3) is 0 Å². The first kappa shape index (κ1) is 20.6. The van der Waals surface area contributed by atoms with Crippen molar-refractivity contribution >= 4 is 17.6 Å². The molecule has 0 radical (unpaired) electrons. The molecule has 0 saturated carbocycles. The first-order valence-corrected chi connectivity index (χ1v) is 9.01. The number of nitrogens with zero attached hydrogens (tertiary/aromatic N) is 1. The Bertz CT molecular complexity index is 745. The lowest BCUT2D eigenvalue weighted by Gasteiger charge is -2.21. The number of carbonyl (C=O) groups excluding carboxylic acids is 2. The zero-order valence-electron chi connectivity index (χ0n) is 15.7. The average Bonchev–Trinajstić information content (AvgIpc) is 2.64. The quantitative estimate of drug-likeness (QED) is 0.686. The van der Waals surface area contributed by atoms with Crippen molar-refractivity contribution < 1.29 is 18.7 Å². The SMILES string of the molecule is CCOC(=O)CN(CC(=O)Nc1ccc(CC)cc1)Cc1ccc(F)cc1. The van der Waals surface area contributed by atoms with E-state index in [0.717, 1.165) is 12.0 Å². The Kier molecular flexibility index (Phi) is 7.95. The van der Waals surface area contributed by atoms with Crippen LogP contribution in [0.3, 0.4) is 0 Å². The van der Waals surface area contributed by atoms with E-state index in [4.69, 9.17) is 4.74 Å². The van der Waals surface area contributed by atoms with Crippen LogP contribution >= 0.6 is 0 Å². The number of carbonyl (C=O) groups is 2. The highest BCUT2D eigenvalue weighted by Crippen LogP contribution is 2.11. The van der Waals surface area contributed by atoms with E-state index < -0.39 is 5.97 Å². The van der Waals surface area contributed by atoms with E-state index in [0.29, 0.717) is 12.2 Å². The van der Waals surface area contributed by atoms with Gasteiger partial charge in [0.15, 0.2) is 0 Å². The molecule has 1 amide bonds. The van der Waals surface area contributed by atoms with E-state index in [-0.39, 0.29) is 31.4 Å². The third-order valence-corrected chi connectivity index (χ3v) is 3.99. The van der Waals surface area contributed by atoms with E-state index in [1.807, 2.05) is 24.3 Å². The lowest BCUT2D eigenvalue weighted by molar-refractivity contribution is -0.144. The summed E-state index contributed by atoms with van der Waals surface area (Å²) < 4.78 is 18.1. The lowest BCUT2D eigenvalue weighted by Crippen LogP contribution is -2.37. The minimum absolute atomic E-state index is 0.0196. The first-order valence-electron chi connectivity index (χ1n) is 9.01. The summed E-state index contributed by atoms with van der Waals surface area (Å²) in [5.74, 6) is -0.964. The van der Waals surface area contributed by atoms with Crippen LogP contribution in [-0.4, -0.2) is 36.5 Å². The molecule has 0 bridgehead atoms. The molecule has 0 aliphatic rings. The number of ether oxygens (including phenoxy) is 1. The van der Waals surface area contributed by atoms with Crippen LogP contribution in [0.1, 0.15) is 25.0 Å². The Balaban J connectivity index is 2.01. The number of esters is 1. The van der Waals surface area contributed by atoms with Crippen LogP contribution < -0.4 is 5.32 Å². The van der Waals surface area contributed by atoms with Crippen molar-refractivity contribution in [3.8, 4) is 0 Å². The van der Waals surface area contributed by atoms with Crippen LogP contribution in [0.4, 0.5) is 10.1 Å². The normalized spacial score (nSPS) is 10.7. The van der Waals surface area contributed by atoms with E-state index >= 15 is 0 Å². The Morgan fingerprint density at radius 1 is 0.963 bits per heavy atom. The van der Waals surface area contributed by atoms with Gasteiger partial charge in [0.1, 0.15) is 5.82 Å². The maximum absolute atomic E-state index is 13.1. The third kappa shape index (κ3) is 7.19. The number of halogens is 1. The Morgan fingerprint density at radius 3 is 2.19 bits per heavy atom. The third-order valence-electron chi connectivity index (χ3n) is 3.99. The van der Waals surface area contributed by atoms with Crippen molar-refractivity contribution in [3.05, 3.63) is 65.5 Å². The highest BCUT2D eigenvalue weighted by Gasteiger charge is 2.16. The summed E-state index contributed by atoms with van der Waals surface area (Å²) >= 11 is 0. The number of amides is 1. The monoisotopic (exact) mass is 372 g/mol. The highest BCUT2D eigenvalue weighted by molar-refractivity contribution is 5.92. The Labute approximate surface area is 159 Å². The number of anilines is 1. The molecule has 6 heteroatoms. The highest BCUT2D eigenvalue weighted by atomic mass is 19.1. The molecular weight excluding hydrogens is 347 g/mol. The molecule has 2 aromatic rings. The average molecular weight is 372 g/mol. The fraction of sp³-hybridized carbons (Fsp3) is 0.333. The van der Waals surface area contributed by atoms with Crippen molar-refractivity contribution in [1.82, 2.24) is 4.90 Å². The molecule has 0 aliphatic heterocycles. The molecule has 2 rings (SSSR count). The second-order valence-electron chi connectivity index (χ2n) is 6.18. The molecule has 1 N–H and O–H groups in total. The van der Waals surface area contributed by atoms with E-state index in [1.165, 1.54) is 17.7 Å². The van der Waals surface area contributed by atoms with Crippen molar-refractivity contribution in [1.29, 1.82) is 0 Å². The summed E-state index contributed by atoms with van der Waals surface area (Å²) in [4.78, 5) is 25.9. The van der Waals surface area contributed by atoms with Crippen LogP contribution in [0.5, 0.6) is 0 Å². The number of benzene rings is 2. The fourth-order valence-electron chi connectivity index (χ4n) is 2.63. The molecule has 0 aliphatic carbocycles. The van der Waals surface area contributed by atoms with E-state index in [2.05, 4.69) is 12.2 Å². The molecule has 5 nitrogen and oxygen atoms in total. The number of nitrogens with one attached hydrogen (secondary N) is 1. The van der Waals surface area contributed by atoms with Crippen molar-refractivity contribution in [2.75, 3.05) is 25.0 Å². The molecule has 0 atom stereocenters. The Morgan fingerprint density at radius 2 is 1.59 bits per heavy atom. The van der Waals surface area contributed by atoms with Gasteiger partial charge in [-0.15, -0.1) is 0 Å². The van der Waals surface area contributed by atoms with Gasteiger partial charge in [0.25, 0.3) is 0 Å². The second kappa shape index (κ2) is 10.4. The van der Waals surface area contributed by atoms with Crippen LogP contribution in [-0.2, 0) is 27.3 Å². The van der Waals surface area contributed by atoms with Gasteiger partial charge < -0.3 is 10.1 Å². The largest absolute Gasteiger partial charge is 0.465 e. The van der Waals surface area contributed by atoms with Gasteiger partial charge in [-0.05, 0) is 48.7 Å². The van der Waals surface area contributed by atoms with Gasteiger partial charge in [0.2, 0.25) is 5.91 Å². The molecule has 0 aromatic heterocycles. The molecule has 0 saturated heterocycles. The molecule has 0 fully saturated rings. The number of aryl methyl sites for hydroxylation is 1. The predicted molar refractivity (Wildman–Crippen MR) is 103 cm³/mol. The summed E-state index contributed by atoms with van der Waals surface area (Å²) in [5.41, 5.74) is 2.70. The summed E-state index contributed by atoms with van der Waals surface area (Å²) in [5, 5.41) is 2.83. The Hall–Kier alpha value is -2.73. The van der Waals surface area contributed by atoms with E-state index in [1.54, 1.807) is 24.0 Å². The van der Waals surface area contributed by atoms with Crippen molar-refractivity contribution in [2.45, 2.75) is 26.8 Å². The molecule has 0 unspecified atom stereocenters. The smallest absolute Gasteiger partial charge is 0.320 e. The summed E-state index contributed by atoms with van der Waals surface area (Å²) in [7, 11) is 0. The molecule has 144 valence electrons. The fourth-order valence-corrected chi connectivity index (χ4v) is 2.63. The summed E-state index contributed by atoms with van der Waals surface area (Å²) in [6, 6.07) is 13.6. The van der Waals surface area contributed by atoms with Gasteiger partial charge in [-0.2, -0.15) is 0 Å². The molecule has 0 heterocycles. The summed E-state index contributed by atoms with van der Waals surface area (Å²) in [6.45, 7) is 4.41. The zero-order chi connectivity index (χ0) is 19.6. The van der Waals surface area contributed by atoms with Crippen LogP contribution in [0.2, 0.25) is 0 Å². The van der Waals surface area contributed by atoms with Crippen molar-refractivity contribution in [2.24, 2.45) is 0 Å². The number of hydrogen-bond acceptors (Lipinski definition) is 4. The van der Waals surface area contributed by atoms with Gasteiger partial charge in [-0.3, -0.25) is 14.5 Å². The molecule has 27 heavy (non-hydrogen) atoms. The number of rotatable bonds is 9. The van der Waals surface area contributed by atoms with Gasteiger partial charge in [-0.1, -0.05) is 31.2 Å². The first-order chi connectivity index (χ1) is 13.0. The summed E-state index contributed by atoms with van der Waals surface area (Å²) in [6.07, 6.45) is 0.930.